The zero-order valence-corrected chi connectivity index (χ0v) is 20.9. The quantitative estimate of drug-likeness (QED) is 0.183. The van der Waals surface area contributed by atoms with Gasteiger partial charge in [0.05, 0.1) is 13.7 Å². The van der Waals surface area contributed by atoms with Crippen molar-refractivity contribution >= 4 is 11.7 Å². The first kappa shape index (κ1) is 27.1. The van der Waals surface area contributed by atoms with Crippen LogP contribution in [0.4, 0.5) is 0 Å². The van der Waals surface area contributed by atoms with E-state index in [1.54, 1.807) is 26.4 Å². The lowest BCUT2D eigenvalue weighted by molar-refractivity contribution is -0.143. The van der Waals surface area contributed by atoms with Crippen molar-refractivity contribution in [3.63, 3.8) is 0 Å². The summed E-state index contributed by atoms with van der Waals surface area (Å²) in [5.74, 6) is 1.49. The smallest absolute Gasteiger partial charge is 0.306 e. The number of carbonyl (C=O) groups excluding carboxylic acids is 1. The second-order valence-electron chi connectivity index (χ2n) is 7.78. The van der Waals surface area contributed by atoms with Gasteiger partial charge in [0, 0.05) is 18.1 Å². The van der Waals surface area contributed by atoms with E-state index >= 15 is 0 Å². The fraction of sp³-hybridized carbons (Fsp3) is 0.241. The highest BCUT2D eigenvalue weighted by molar-refractivity contribution is 5.69. The molecule has 0 atom stereocenters. The van der Waals surface area contributed by atoms with Crippen LogP contribution in [0, 0.1) is 11.3 Å². The largest absolute Gasteiger partial charge is 0.489 e. The van der Waals surface area contributed by atoms with Crippen molar-refractivity contribution in [3.8, 4) is 23.3 Å². The van der Waals surface area contributed by atoms with Crippen LogP contribution in [0.25, 0.3) is 5.70 Å². The highest BCUT2D eigenvalue weighted by atomic mass is 16.6. The molecule has 3 rings (SSSR count). The average molecular weight is 503 g/mol. The van der Waals surface area contributed by atoms with Gasteiger partial charge in [-0.1, -0.05) is 48.5 Å². The van der Waals surface area contributed by atoms with Gasteiger partial charge >= 0.3 is 5.97 Å². The minimum absolute atomic E-state index is 0.0995. The van der Waals surface area contributed by atoms with E-state index in [1.807, 2.05) is 72.8 Å². The molecule has 3 aromatic rings. The number of rotatable bonds is 14. The summed E-state index contributed by atoms with van der Waals surface area (Å²) in [4.78, 5) is 16.8. The zero-order valence-electron chi connectivity index (χ0n) is 20.9. The van der Waals surface area contributed by atoms with Crippen LogP contribution in [0.2, 0.25) is 0 Å². The molecule has 0 unspecified atom stereocenters. The van der Waals surface area contributed by atoms with E-state index in [1.165, 1.54) is 0 Å². The molecule has 0 amide bonds. The summed E-state index contributed by atoms with van der Waals surface area (Å²) < 4.78 is 22.3. The lowest BCUT2D eigenvalue weighted by Crippen LogP contribution is -2.11. The Morgan fingerprint density at radius 1 is 1.00 bits per heavy atom. The standard InChI is InChI=1S/C29H30N2O6/c1-3-34-29(32)16-12-24-11-15-26(19-28(24)35-18-17-30)36-20-22-9-13-25(14-10-22)37-21-27(31-33-2)23-7-5-4-6-8-23/h4-11,13-15,19,21,31H,3,12,16,18,20H2,1-2H3. The zero-order chi connectivity index (χ0) is 26.3. The number of ether oxygens (including phenoxy) is 4. The Labute approximate surface area is 216 Å². The molecule has 0 aliphatic carbocycles. The lowest BCUT2D eigenvalue weighted by atomic mass is 10.1. The number of nitriles is 1. The van der Waals surface area contributed by atoms with Gasteiger partial charge in [0.2, 0.25) is 0 Å². The maximum absolute atomic E-state index is 11.7. The maximum Gasteiger partial charge on any atom is 0.306 e. The van der Waals surface area contributed by atoms with Crippen LogP contribution in [0.1, 0.15) is 30.0 Å². The molecule has 8 nitrogen and oxygen atoms in total. The molecule has 0 fully saturated rings. The predicted molar refractivity (Wildman–Crippen MR) is 138 cm³/mol. The van der Waals surface area contributed by atoms with Gasteiger partial charge in [0.25, 0.3) is 0 Å². The molecule has 3 aromatic carbocycles. The van der Waals surface area contributed by atoms with Gasteiger partial charge < -0.3 is 18.9 Å². The fourth-order valence-electron chi connectivity index (χ4n) is 3.38. The topological polar surface area (TPSA) is 99.0 Å². The van der Waals surface area contributed by atoms with Crippen LogP contribution in [0.15, 0.2) is 79.1 Å². The third-order valence-electron chi connectivity index (χ3n) is 5.17. The van der Waals surface area contributed by atoms with Crippen LogP contribution < -0.4 is 19.7 Å². The summed E-state index contributed by atoms with van der Waals surface area (Å²) in [6.45, 7) is 2.34. The Morgan fingerprint density at radius 3 is 2.46 bits per heavy atom. The Morgan fingerprint density at radius 2 is 1.76 bits per heavy atom. The van der Waals surface area contributed by atoms with Crippen molar-refractivity contribution in [3.05, 3.63) is 95.7 Å². The highest BCUT2D eigenvalue weighted by Gasteiger charge is 2.10. The third kappa shape index (κ3) is 8.91. The molecule has 8 heteroatoms. The number of hydroxylamine groups is 1. The minimum Gasteiger partial charge on any atom is -0.489 e. The molecule has 37 heavy (non-hydrogen) atoms. The number of benzene rings is 3. The monoisotopic (exact) mass is 502 g/mol. The Kier molecular flexibility index (Phi) is 10.9. The average Bonchev–Trinajstić information content (AvgIpc) is 2.93. The number of esters is 1. The molecule has 0 spiro atoms. The third-order valence-corrected chi connectivity index (χ3v) is 5.17. The molecule has 0 aliphatic rings. The van der Waals surface area contributed by atoms with E-state index in [0.29, 0.717) is 42.6 Å². The van der Waals surface area contributed by atoms with Crippen LogP contribution in [0.3, 0.4) is 0 Å². The summed E-state index contributed by atoms with van der Waals surface area (Å²) >= 11 is 0. The van der Waals surface area contributed by atoms with Gasteiger partial charge in [-0.15, -0.1) is 0 Å². The van der Waals surface area contributed by atoms with Crippen LogP contribution in [-0.2, 0) is 27.4 Å². The molecule has 1 N–H and O–H groups in total. The first-order chi connectivity index (χ1) is 18.1. The summed E-state index contributed by atoms with van der Waals surface area (Å²) in [6, 6.07) is 24.6. The van der Waals surface area contributed by atoms with Crippen molar-refractivity contribution in [2.45, 2.75) is 26.4 Å². The van der Waals surface area contributed by atoms with E-state index in [2.05, 4.69) is 5.48 Å². The van der Waals surface area contributed by atoms with Crippen molar-refractivity contribution in [1.82, 2.24) is 5.48 Å². The van der Waals surface area contributed by atoms with E-state index in [-0.39, 0.29) is 19.0 Å². The highest BCUT2D eigenvalue weighted by Crippen LogP contribution is 2.27. The Balaban J connectivity index is 1.60. The summed E-state index contributed by atoms with van der Waals surface area (Å²) in [6.07, 6.45) is 2.27. The molecule has 0 bridgehead atoms. The summed E-state index contributed by atoms with van der Waals surface area (Å²) in [5.41, 5.74) is 6.20. The van der Waals surface area contributed by atoms with E-state index in [4.69, 9.17) is 29.0 Å². The van der Waals surface area contributed by atoms with Crippen molar-refractivity contribution in [1.29, 1.82) is 5.26 Å². The molecule has 0 radical (unpaired) electrons. The SMILES string of the molecule is CCOC(=O)CCc1ccc(OCc2ccc(OC=C(NOC)c3ccccc3)cc2)cc1OCC#N. The van der Waals surface area contributed by atoms with Gasteiger partial charge in [-0.2, -0.15) is 5.26 Å². The molecule has 192 valence electrons. The summed E-state index contributed by atoms with van der Waals surface area (Å²) in [5, 5.41) is 8.90. The van der Waals surface area contributed by atoms with Crippen molar-refractivity contribution < 1.29 is 28.6 Å². The van der Waals surface area contributed by atoms with Gasteiger partial charge in [-0.3, -0.25) is 15.1 Å². The van der Waals surface area contributed by atoms with Gasteiger partial charge in [-0.25, -0.2) is 0 Å². The van der Waals surface area contributed by atoms with Crippen LogP contribution >= 0.6 is 0 Å². The van der Waals surface area contributed by atoms with E-state index in [9.17, 15) is 4.79 Å². The number of hydrogen-bond donors (Lipinski definition) is 1. The van der Waals surface area contributed by atoms with E-state index < -0.39 is 0 Å². The number of nitrogens with one attached hydrogen (secondary N) is 1. The van der Waals surface area contributed by atoms with E-state index in [0.717, 1.165) is 16.7 Å². The Hall–Kier alpha value is -4.48. The first-order valence-electron chi connectivity index (χ1n) is 11.8. The molecule has 0 aliphatic heterocycles. The fourth-order valence-corrected chi connectivity index (χ4v) is 3.38. The van der Waals surface area contributed by atoms with Crippen LogP contribution in [0.5, 0.6) is 17.2 Å². The molecule has 0 saturated heterocycles. The number of carbonyl (C=O) groups is 1. The first-order valence-corrected chi connectivity index (χ1v) is 11.8. The summed E-state index contributed by atoms with van der Waals surface area (Å²) in [7, 11) is 1.54. The lowest BCUT2D eigenvalue weighted by Gasteiger charge is -2.13. The number of aryl methyl sites for hydroxylation is 1. The Bertz CT molecular complexity index is 1200. The number of nitrogens with zero attached hydrogens (tertiary/aromatic N) is 1. The maximum atomic E-state index is 11.7. The molecule has 0 heterocycles. The minimum atomic E-state index is -0.275. The van der Waals surface area contributed by atoms with Crippen LogP contribution in [-0.4, -0.2) is 26.3 Å². The molecule has 0 aromatic heterocycles. The second-order valence-corrected chi connectivity index (χ2v) is 7.78. The van der Waals surface area contributed by atoms with Crippen molar-refractivity contribution in [2.75, 3.05) is 20.3 Å². The normalized spacial score (nSPS) is 10.8. The van der Waals surface area contributed by atoms with Gasteiger partial charge in [-0.05, 0) is 42.7 Å². The van der Waals surface area contributed by atoms with Gasteiger partial charge in [0.15, 0.2) is 6.61 Å². The number of hydrogen-bond acceptors (Lipinski definition) is 8. The molecular weight excluding hydrogens is 472 g/mol. The van der Waals surface area contributed by atoms with Gasteiger partial charge in [0.1, 0.15) is 41.9 Å². The second kappa shape index (κ2) is 14.8. The predicted octanol–water partition coefficient (Wildman–Crippen LogP) is 5.19. The molecular formula is C29H30N2O6. The molecule has 0 saturated carbocycles. The van der Waals surface area contributed by atoms with Crippen molar-refractivity contribution in [2.24, 2.45) is 0 Å².